The largest absolute Gasteiger partial charge is 0.467 e. The molecule has 1 unspecified atom stereocenters. The standard InChI is InChI=1S/C16H12Cl2F3N3O2/c17-12-3-9(4-23-15(12)26-8-16(19,20)21)5-24-6-11-10(13(24)7-25)1-2-22-14(11)18/h1-4,7,13H,5-6,8H2. The molecule has 1 aliphatic heterocycles. The van der Waals surface area contributed by atoms with Gasteiger partial charge >= 0.3 is 6.18 Å². The Morgan fingerprint density at radius 3 is 2.77 bits per heavy atom. The molecule has 10 heteroatoms. The zero-order valence-corrected chi connectivity index (χ0v) is 14.6. The Bertz CT molecular complexity index is 833. The van der Waals surface area contributed by atoms with E-state index < -0.39 is 18.8 Å². The first-order chi connectivity index (χ1) is 12.3. The van der Waals surface area contributed by atoms with Crippen LogP contribution >= 0.6 is 23.2 Å². The summed E-state index contributed by atoms with van der Waals surface area (Å²) < 4.78 is 41.2. The number of fused-ring (bicyclic) bond motifs is 1. The second kappa shape index (κ2) is 7.38. The Kier molecular flexibility index (Phi) is 5.36. The average molecular weight is 406 g/mol. The van der Waals surface area contributed by atoms with E-state index in [1.807, 2.05) is 4.90 Å². The highest BCUT2D eigenvalue weighted by Crippen LogP contribution is 2.36. The number of aldehydes is 1. The first kappa shape index (κ1) is 18.9. The van der Waals surface area contributed by atoms with E-state index in [-0.39, 0.29) is 10.9 Å². The number of ether oxygens (including phenoxy) is 1. The van der Waals surface area contributed by atoms with E-state index in [2.05, 4.69) is 14.7 Å². The molecule has 0 spiro atoms. The van der Waals surface area contributed by atoms with Crippen molar-refractivity contribution in [3.63, 3.8) is 0 Å². The summed E-state index contributed by atoms with van der Waals surface area (Å²) in [6.45, 7) is -0.755. The molecule has 0 bridgehead atoms. The normalized spacial score (nSPS) is 17.2. The fourth-order valence-electron chi connectivity index (χ4n) is 2.77. The topological polar surface area (TPSA) is 55.3 Å². The number of alkyl halides is 3. The van der Waals surface area contributed by atoms with Crippen molar-refractivity contribution in [1.29, 1.82) is 0 Å². The van der Waals surface area contributed by atoms with Gasteiger partial charge in [0.05, 0.1) is 6.04 Å². The molecule has 0 saturated heterocycles. The van der Waals surface area contributed by atoms with Gasteiger partial charge in [0, 0.05) is 31.0 Å². The molecular weight excluding hydrogens is 394 g/mol. The maximum absolute atomic E-state index is 12.2. The van der Waals surface area contributed by atoms with E-state index in [1.54, 1.807) is 6.07 Å². The van der Waals surface area contributed by atoms with Gasteiger partial charge < -0.3 is 9.53 Å². The summed E-state index contributed by atoms with van der Waals surface area (Å²) >= 11 is 12.0. The van der Waals surface area contributed by atoms with Crippen LogP contribution in [-0.4, -0.2) is 33.9 Å². The zero-order chi connectivity index (χ0) is 18.9. The van der Waals surface area contributed by atoms with Gasteiger partial charge in [0.25, 0.3) is 0 Å². The highest BCUT2D eigenvalue weighted by Gasteiger charge is 2.32. The van der Waals surface area contributed by atoms with Gasteiger partial charge in [0.1, 0.15) is 16.5 Å². The fraction of sp³-hybridized carbons (Fsp3) is 0.312. The minimum absolute atomic E-state index is 0.0363. The van der Waals surface area contributed by atoms with Crippen LogP contribution in [0, 0.1) is 0 Å². The quantitative estimate of drug-likeness (QED) is 0.556. The van der Waals surface area contributed by atoms with Crippen LogP contribution in [0.3, 0.4) is 0 Å². The average Bonchev–Trinajstić information content (AvgIpc) is 2.92. The first-order valence-electron chi connectivity index (χ1n) is 7.45. The van der Waals surface area contributed by atoms with Crippen molar-refractivity contribution in [2.24, 2.45) is 0 Å². The van der Waals surface area contributed by atoms with Gasteiger partial charge in [-0.25, -0.2) is 9.97 Å². The number of carbonyl (C=O) groups excluding carboxylic acids is 1. The third kappa shape index (κ3) is 4.08. The summed E-state index contributed by atoms with van der Waals surface area (Å²) in [5, 5.41) is 0.301. The lowest BCUT2D eigenvalue weighted by Crippen LogP contribution is -2.23. The molecule has 2 aromatic rings. The van der Waals surface area contributed by atoms with Crippen LogP contribution in [0.5, 0.6) is 5.88 Å². The molecular formula is C16H12Cl2F3N3O2. The Hall–Kier alpha value is -1.90. The van der Waals surface area contributed by atoms with Gasteiger partial charge in [-0.05, 0) is 23.3 Å². The lowest BCUT2D eigenvalue weighted by atomic mass is 10.1. The van der Waals surface area contributed by atoms with Crippen molar-refractivity contribution in [3.8, 4) is 5.88 Å². The minimum Gasteiger partial charge on any atom is -0.467 e. The second-order valence-electron chi connectivity index (χ2n) is 5.69. The highest BCUT2D eigenvalue weighted by atomic mass is 35.5. The number of hydrogen-bond donors (Lipinski definition) is 0. The first-order valence-corrected chi connectivity index (χ1v) is 8.20. The lowest BCUT2D eigenvalue weighted by molar-refractivity contribution is -0.154. The Morgan fingerprint density at radius 1 is 1.35 bits per heavy atom. The van der Waals surface area contributed by atoms with E-state index in [1.165, 1.54) is 18.5 Å². The van der Waals surface area contributed by atoms with Crippen molar-refractivity contribution in [2.45, 2.75) is 25.3 Å². The molecule has 0 radical (unpaired) electrons. The van der Waals surface area contributed by atoms with Crippen LogP contribution < -0.4 is 4.74 Å². The summed E-state index contributed by atoms with van der Waals surface area (Å²) in [6, 6.07) is 2.70. The van der Waals surface area contributed by atoms with E-state index >= 15 is 0 Å². The van der Waals surface area contributed by atoms with Crippen LogP contribution in [0.15, 0.2) is 24.5 Å². The molecule has 1 atom stereocenters. The number of nitrogens with zero attached hydrogens (tertiary/aromatic N) is 3. The van der Waals surface area contributed by atoms with E-state index in [0.717, 1.165) is 17.4 Å². The van der Waals surface area contributed by atoms with Crippen molar-refractivity contribution in [1.82, 2.24) is 14.9 Å². The smallest absolute Gasteiger partial charge is 0.422 e. The van der Waals surface area contributed by atoms with Gasteiger partial charge in [-0.3, -0.25) is 4.90 Å². The maximum Gasteiger partial charge on any atom is 0.422 e. The molecule has 1 aliphatic rings. The van der Waals surface area contributed by atoms with Gasteiger partial charge in [-0.15, -0.1) is 0 Å². The number of aromatic nitrogens is 2. The SMILES string of the molecule is O=CC1c2ccnc(Cl)c2CN1Cc1cnc(OCC(F)(F)F)c(Cl)c1. The number of pyridine rings is 2. The van der Waals surface area contributed by atoms with Crippen LogP contribution in [-0.2, 0) is 17.9 Å². The molecule has 3 rings (SSSR count). The molecule has 26 heavy (non-hydrogen) atoms. The van der Waals surface area contributed by atoms with Crippen molar-refractivity contribution >= 4 is 29.5 Å². The molecule has 2 aromatic heterocycles. The third-order valence-electron chi connectivity index (χ3n) is 3.86. The van der Waals surface area contributed by atoms with Crippen LogP contribution in [0.1, 0.15) is 22.7 Å². The van der Waals surface area contributed by atoms with E-state index in [9.17, 15) is 18.0 Å². The van der Waals surface area contributed by atoms with Gasteiger partial charge in [0.2, 0.25) is 5.88 Å². The van der Waals surface area contributed by atoms with E-state index in [0.29, 0.717) is 23.8 Å². The second-order valence-corrected chi connectivity index (χ2v) is 6.46. The summed E-state index contributed by atoms with van der Waals surface area (Å²) in [5.41, 5.74) is 2.18. The monoisotopic (exact) mass is 405 g/mol. The molecule has 0 aromatic carbocycles. The minimum atomic E-state index is -4.48. The summed E-state index contributed by atoms with van der Waals surface area (Å²) in [7, 11) is 0. The van der Waals surface area contributed by atoms with Gasteiger partial charge in [-0.1, -0.05) is 23.2 Å². The predicted molar refractivity (Wildman–Crippen MR) is 88.1 cm³/mol. The Balaban J connectivity index is 1.74. The fourth-order valence-corrected chi connectivity index (χ4v) is 3.24. The molecule has 0 fully saturated rings. The number of halogens is 5. The van der Waals surface area contributed by atoms with Crippen molar-refractivity contribution < 1.29 is 22.7 Å². The Labute approximate surface area is 156 Å². The van der Waals surface area contributed by atoms with E-state index in [4.69, 9.17) is 23.2 Å². The van der Waals surface area contributed by atoms with Crippen LogP contribution in [0.25, 0.3) is 0 Å². The molecule has 5 nitrogen and oxygen atoms in total. The maximum atomic E-state index is 12.2. The van der Waals surface area contributed by atoms with Crippen LogP contribution in [0.2, 0.25) is 10.2 Å². The number of carbonyl (C=O) groups is 1. The zero-order valence-electron chi connectivity index (χ0n) is 13.1. The molecule has 3 heterocycles. The van der Waals surface area contributed by atoms with Crippen molar-refractivity contribution in [3.05, 3.63) is 51.4 Å². The molecule has 0 N–H and O–H groups in total. The summed E-state index contributed by atoms with van der Waals surface area (Å²) in [4.78, 5) is 21.2. The number of rotatable bonds is 5. The third-order valence-corrected chi connectivity index (χ3v) is 4.46. The number of hydrogen-bond acceptors (Lipinski definition) is 5. The van der Waals surface area contributed by atoms with Gasteiger partial charge in [0.15, 0.2) is 6.61 Å². The molecule has 0 amide bonds. The summed E-state index contributed by atoms with van der Waals surface area (Å²) in [6.07, 6.45) is -0.776. The lowest BCUT2D eigenvalue weighted by Gasteiger charge is -2.20. The molecule has 138 valence electrons. The molecule has 0 aliphatic carbocycles. The predicted octanol–water partition coefficient (Wildman–Crippen LogP) is 3.98. The van der Waals surface area contributed by atoms with Crippen molar-refractivity contribution in [2.75, 3.05) is 6.61 Å². The Morgan fingerprint density at radius 2 is 2.12 bits per heavy atom. The molecule has 0 saturated carbocycles. The van der Waals surface area contributed by atoms with Crippen LogP contribution in [0.4, 0.5) is 13.2 Å². The highest BCUT2D eigenvalue weighted by molar-refractivity contribution is 6.31. The van der Waals surface area contributed by atoms with Gasteiger partial charge in [-0.2, -0.15) is 13.2 Å². The summed E-state index contributed by atoms with van der Waals surface area (Å²) in [5.74, 6) is -0.295.